The quantitative estimate of drug-likeness (QED) is 0.705. The molecule has 2 aromatic carbocycles. The highest BCUT2D eigenvalue weighted by Gasteiger charge is 2.23. The second-order valence-corrected chi connectivity index (χ2v) is 7.22. The number of imidazole rings is 1. The highest BCUT2D eigenvalue weighted by molar-refractivity contribution is 5.79. The van der Waals surface area contributed by atoms with E-state index in [-0.39, 0.29) is 5.75 Å². The van der Waals surface area contributed by atoms with Gasteiger partial charge in [0.2, 0.25) is 0 Å². The van der Waals surface area contributed by atoms with Crippen LogP contribution in [0.2, 0.25) is 0 Å². The Morgan fingerprint density at radius 1 is 1.04 bits per heavy atom. The number of morpholine rings is 1. The Morgan fingerprint density at radius 3 is 2.50 bits per heavy atom. The Kier molecular flexibility index (Phi) is 5.74. The summed E-state index contributed by atoms with van der Waals surface area (Å²) >= 11 is 0. The maximum absolute atomic E-state index is 10.0. The minimum absolute atomic E-state index is 0.268. The van der Waals surface area contributed by atoms with Gasteiger partial charge in [-0.15, -0.1) is 0 Å². The smallest absolute Gasteiger partial charge is 0.116 e. The molecule has 2 heterocycles. The Morgan fingerprint density at radius 2 is 1.79 bits per heavy atom. The molecule has 0 aliphatic carbocycles. The van der Waals surface area contributed by atoms with E-state index in [1.54, 1.807) is 6.07 Å². The van der Waals surface area contributed by atoms with E-state index in [1.807, 2.05) is 42.7 Å². The number of phenolic OH excluding ortho intramolecular Hbond substituents is 1. The summed E-state index contributed by atoms with van der Waals surface area (Å²) in [6.07, 6.45) is 3.00. The van der Waals surface area contributed by atoms with Crippen molar-refractivity contribution in [3.05, 3.63) is 60.9 Å². The lowest BCUT2D eigenvalue weighted by atomic mass is 10.0. The summed E-state index contributed by atoms with van der Waals surface area (Å²) in [5.74, 6) is 0.268. The fraction of sp³-hybridized carbons (Fsp3) is 0.348. The second-order valence-electron chi connectivity index (χ2n) is 7.22. The highest BCUT2D eigenvalue weighted by atomic mass is 16.5. The molecule has 1 saturated heterocycles. The van der Waals surface area contributed by atoms with Crippen LogP contribution in [0.3, 0.4) is 0 Å². The van der Waals surface area contributed by atoms with Gasteiger partial charge in [0.25, 0.3) is 0 Å². The minimum atomic E-state index is 0.268. The second kappa shape index (κ2) is 8.59. The molecule has 1 N–H and O–H groups in total. The molecule has 1 fully saturated rings. The number of ether oxygens (including phenoxy) is 1. The number of aromatic hydroxyl groups is 1. The first kappa shape index (κ1) is 18.7. The first-order chi connectivity index (χ1) is 13.8. The fourth-order valence-electron chi connectivity index (χ4n) is 3.96. The third kappa shape index (κ3) is 3.96. The van der Waals surface area contributed by atoms with E-state index in [0.29, 0.717) is 6.04 Å². The van der Waals surface area contributed by atoms with Gasteiger partial charge in [-0.05, 0) is 18.6 Å². The molecular weight excluding hydrogens is 350 g/mol. The summed E-state index contributed by atoms with van der Waals surface area (Å²) in [7, 11) is 0. The number of nitrogens with zero attached hydrogens (tertiary/aromatic N) is 3. The number of rotatable bonds is 6. The number of benzene rings is 2. The molecule has 0 amide bonds. The summed E-state index contributed by atoms with van der Waals surface area (Å²) < 4.78 is 7.76. The molecule has 3 aromatic rings. The molecule has 1 atom stereocenters. The third-order valence-electron chi connectivity index (χ3n) is 5.45. The van der Waals surface area contributed by atoms with Crippen molar-refractivity contribution in [2.45, 2.75) is 25.9 Å². The van der Waals surface area contributed by atoms with E-state index in [9.17, 15) is 5.11 Å². The van der Waals surface area contributed by atoms with Gasteiger partial charge in [0.05, 0.1) is 30.9 Å². The molecular formula is C23H27N3O2. The summed E-state index contributed by atoms with van der Waals surface area (Å²) in [6.45, 7) is 6.65. The van der Waals surface area contributed by atoms with Gasteiger partial charge in [-0.2, -0.15) is 0 Å². The Bertz CT molecular complexity index is 901. The molecule has 0 spiro atoms. The van der Waals surface area contributed by atoms with Crippen LogP contribution in [-0.2, 0) is 11.3 Å². The number of phenols is 1. The molecule has 0 saturated carbocycles. The summed E-state index contributed by atoms with van der Waals surface area (Å²) in [4.78, 5) is 7.27. The van der Waals surface area contributed by atoms with Crippen LogP contribution in [0.4, 0.5) is 0 Å². The lowest BCUT2D eigenvalue weighted by Crippen LogP contribution is -2.45. The van der Waals surface area contributed by atoms with E-state index in [4.69, 9.17) is 9.72 Å². The van der Waals surface area contributed by atoms with E-state index in [1.165, 1.54) is 0 Å². The van der Waals surface area contributed by atoms with Crippen molar-refractivity contribution < 1.29 is 9.84 Å². The first-order valence-corrected chi connectivity index (χ1v) is 9.98. The van der Waals surface area contributed by atoms with Crippen molar-refractivity contribution >= 4 is 0 Å². The molecule has 28 heavy (non-hydrogen) atoms. The maximum atomic E-state index is 10.0. The van der Waals surface area contributed by atoms with Crippen molar-refractivity contribution in [2.75, 3.05) is 26.3 Å². The fourth-order valence-corrected chi connectivity index (χ4v) is 3.96. The van der Waals surface area contributed by atoms with Gasteiger partial charge in [0.15, 0.2) is 0 Å². The van der Waals surface area contributed by atoms with Crippen molar-refractivity contribution in [1.29, 1.82) is 0 Å². The SMILES string of the molecule is CC[C@@H](Cn1cnc(-c2ccccc2)c1-c1cccc(O)c1)N1CCOCC1. The predicted octanol–water partition coefficient (Wildman–Crippen LogP) is 4.03. The normalized spacial score (nSPS) is 16.2. The van der Waals surface area contributed by atoms with Crippen LogP contribution in [0, 0.1) is 0 Å². The van der Waals surface area contributed by atoms with Crippen LogP contribution in [0.25, 0.3) is 22.5 Å². The van der Waals surface area contributed by atoms with E-state index >= 15 is 0 Å². The largest absolute Gasteiger partial charge is 0.508 e. The van der Waals surface area contributed by atoms with Crippen LogP contribution in [-0.4, -0.2) is 51.9 Å². The van der Waals surface area contributed by atoms with E-state index < -0.39 is 0 Å². The summed E-state index contributed by atoms with van der Waals surface area (Å²) in [5.41, 5.74) is 4.06. The average molecular weight is 377 g/mol. The molecule has 146 valence electrons. The van der Waals surface area contributed by atoms with Gasteiger partial charge in [-0.1, -0.05) is 49.4 Å². The average Bonchev–Trinajstić information content (AvgIpc) is 3.17. The van der Waals surface area contributed by atoms with Crippen molar-refractivity contribution in [2.24, 2.45) is 0 Å². The zero-order valence-electron chi connectivity index (χ0n) is 16.3. The molecule has 0 unspecified atom stereocenters. The van der Waals surface area contributed by atoms with Crippen LogP contribution in [0.1, 0.15) is 13.3 Å². The van der Waals surface area contributed by atoms with Gasteiger partial charge >= 0.3 is 0 Å². The summed E-state index contributed by atoms with van der Waals surface area (Å²) in [6, 6.07) is 18.1. The van der Waals surface area contributed by atoms with Crippen molar-refractivity contribution in [3.8, 4) is 28.3 Å². The number of hydrogen-bond donors (Lipinski definition) is 1. The van der Waals surface area contributed by atoms with Crippen LogP contribution in [0.15, 0.2) is 60.9 Å². The monoisotopic (exact) mass is 377 g/mol. The topological polar surface area (TPSA) is 50.5 Å². The Balaban J connectivity index is 1.73. The van der Waals surface area contributed by atoms with Gasteiger partial charge in [-0.25, -0.2) is 4.98 Å². The predicted molar refractivity (Wildman–Crippen MR) is 111 cm³/mol. The van der Waals surface area contributed by atoms with E-state index in [2.05, 4.69) is 28.5 Å². The molecule has 1 aromatic heterocycles. The summed E-state index contributed by atoms with van der Waals surface area (Å²) in [5, 5.41) is 10.0. The lowest BCUT2D eigenvalue weighted by Gasteiger charge is -2.34. The maximum Gasteiger partial charge on any atom is 0.116 e. The van der Waals surface area contributed by atoms with Gasteiger partial charge < -0.3 is 14.4 Å². The highest BCUT2D eigenvalue weighted by Crippen LogP contribution is 2.33. The van der Waals surface area contributed by atoms with Crippen molar-refractivity contribution in [3.63, 3.8) is 0 Å². The molecule has 5 heteroatoms. The Hall–Kier alpha value is -2.63. The molecule has 5 nitrogen and oxygen atoms in total. The van der Waals surface area contributed by atoms with Crippen LogP contribution in [0.5, 0.6) is 5.75 Å². The van der Waals surface area contributed by atoms with Gasteiger partial charge in [-0.3, -0.25) is 4.90 Å². The molecule has 0 radical (unpaired) electrons. The molecule has 0 bridgehead atoms. The number of aromatic nitrogens is 2. The molecule has 1 aliphatic heterocycles. The zero-order chi connectivity index (χ0) is 19.3. The molecule has 4 rings (SSSR count). The lowest BCUT2D eigenvalue weighted by molar-refractivity contribution is 0.0121. The van der Waals surface area contributed by atoms with E-state index in [0.717, 1.165) is 61.8 Å². The number of hydrogen-bond acceptors (Lipinski definition) is 4. The van der Waals surface area contributed by atoms with Gasteiger partial charge in [0, 0.05) is 36.8 Å². The van der Waals surface area contributed by atoms with Crippen LogP contribution < -0.4 is 0 Å². The van der Waals surface area contributed by atoms with Gasteiger partial charge in [0.1, 0.15) is 5.75 Å². The molecule has 1 aliphatic rings. The van der Waals surface area contributed by atoms with Crippen molar-refractivity contribution in [1.82, 2.24) is 14.5 Å². The standard InChI is InChI=1S/C23H27N3O2/c1-2-20(25-11-13-28-14-12-25)16-26-17-24-22(18-7-4-3-5-8-18)23(26)19-9-6-10-21(27)15-19/h3-10,15,17,20,27H,2,11-14,16H2,1H3/t20-/m0/s1. The Labute approximate surface area is 166 Å². The van der Waals surface area contributed by atoms with Crippen LogP contribution >= 0.6 is 0 Å². The zero-order valence-corrected chi connectivity index (χ0v) is 16.3. The third-order valence-corrected chi connectivity index (χ3v) is 5.45. The first-order valence-electron chi connectivity index (χ1n) is 9.98. The minimum Gasteiger partial charge on any atom is -0.508 e.